The molecule has 0 aliphatic carbocycles. The van der Waals surface area contributed by atoms with Crippen molar-refractivity contribution in [2.75, 3.05) is 32.1 Å². The predicted octanol–water partition coefficient (Wildman–Crippen LogP) is 1.74. The standard InChI is InChI=1S/C19H25N5O3S/c1-3-24-17(14(2)20-18(26)15-7-5-4-6-8-15)21-22-19(24)28-13-16(25)23-9-11-27-12-10-23/h4-8,14H,3,9-13H2,1-2H3,(H,20,26)/t14-/m0/s1. The van der Waals surface area contributed by atoms with Gasteiger partial charge in [-0.05, 0) is 26.0 Å². The van der Waals surface area contributed by atoms with Crippen LogP contribution in [0.5, 0.6) is 0 Å². The summed E-state index contributed by atoms with van der Waals surface area (Å²) in [6.45, 7) is 6.97. The van der Waals surface area contributed by atoms with Crippen molar-refractivity contribution >= 4 is 23.6 Å². The fourth-order valence-electron chi connectivity index (χ4n) is 2.99. The molecule has 28 heavy (non-hydrogen) atoms. The summed E-state index contributed by atoms with van der Waals surface area (Å²) in [5.74, 6) is 0.901. The van der Waals surface area contributed by atoms with E-state index < -0.39 is 0 Å². The van der Waals surface area contributed by atoms with E-state index in [0.29, 0.717) is 55.1 Å². The van der Waals surface area contributed by atoms with Gasteiger partial charge in [0.2, 0.25) is 5.91 Å². The Morgan fingerprint density at radius 3 is 2.61 bits per heavy atom. The lowest BCUT2D eigenvalue weighted by Gasteiger charge is -2.26. The van der Waals surface area contributed by atoms with Crippen molar-refractivity contribution < 1.29 is 14.3 Å². The summed E-state index contributed by atoms with van der Waals surface area (Å²) in [5, 5.41) is 12.1. The van der Waals surface area contributed by atoms with Crippen LogP contribution in [0.2, 0.25) is 0 Å². The van der Waals surface area contributed by atoms with Crippen molar-refractivity contribution in [3.05, 3.63) is 41.7 Å². The second-order valence-corrected chi connectivity index (χ2v) is 7.37. The van der Waals surface area contributed by atoms with Gasteiger partial charge in [0.15, 0.2) is 11.0 Å². The predicted molar refractivity (Wildman–Crippen MR) is 106 cm³/mol. The minimum atomic E-state index is -0.301. The molecule has 0 radical (unpaired) electrons. The van der Waals surface area contributed by atoms with Gasteiger partial charge in [-0.2, -0.15) is 0 Å². The Balaban J connectivity index is 1.62. The van der Waals surface area contributed by atoms with Gasteiger partial charge < -0.3 is 19.5 Å². The summed E-state index contributed by atoms with van der Waals surface area (Å²) >= 11 is 1.37. The number of nitrogens with one attached hydrogen (secondary N) is 1. The number of nitrogens with zero attached hydrogens (tertiary/aromatic N) is 4. The largest absolute Gasteiger partial charge is 0.378 e. The number of benzene rings is 1. The number of thioether (sulfide) groups is 1. The van der Waals surface area contributed by atoms with Gasteiger partial charge >= 0.3 is 0 Å². The number of aromatic nitrogens is 3. The Kier molecular flexibility index (Phi) is 7.05. The maximum atomic E-state index is 12.4. The monoisotopic (exact) mass is 403 g/mol. The Morgan fingerprint density at radius 1 is 1.21 bits per heavy atom. The van der Waals surface area contributed by atoms with Crippen LogP contribution in [0, 0.1) is 0 Å². The van der Waals surface area contributed by atoms with E-state index in [4.69, 9.17) is 4.74 Å². The van der Waals surface area contributed by atoms with Crippen LogP contribution >= 0.6 is 11.8 Å². The summed E-state index contributed by atoms with van der Waals surface area (Å²) in [6.07, 6.45) is 0. The van der Waals surface area contributed by atoms with Crippen molar-refractivity contribution in [1.29, 1.82) is 0 Å². The second-order valence-electron chi connectivity index (χ2n) is 6.43. The first kappa shape index (κ1) is 20.3. The summed E-state index contributed by atoms with van der Waals surface area (Å²) in [4.78, 5) is 26.6. The molecule has 8 nitrogen and oxygen atoms in total. The molecule has 1 saturated heterocycles. The van der Waals surface area contributed by atoms with Crippen LogP contribution in [0.4, 0.5) is 0 Å². The van der Waals surface area contributed by atoms with E-state index in [0.717, 1.165) is 0 Å². The molecule has 1 aliphatic rings. The van der Waals surface area contributed by atoms with Gasteiger partial charge in [0.1, 0.15) is 0 Å². The molecular weight excluding hydrogens is 378 g/mol. The lowest BCUT2D eigenvalue weighted by Crippen LogP contribution is -2.41. The third-order valence-corrected chi connectivity index (χ3v) is 5.47. The van der Waals surface area contributed by atoms with Crippen LogP contribution in [0.1, 0.15) is 36.1 Å². The lowest BCUT2D eigenvalue weighted by molar-refractivity contribution is -0.132. The van der Waals surface area contributed by atoms with Crippen LogP contribution in [0.15, 0.2) is 35.5 Å². The molecule has 0 saturated carbocycles. The second kappa shape index (κ2) is 9.70. The molecule has 1 N–H and O–H groups in total. The van der Waals surface area contributed by atoms with Gasteiger partial charge in [-0.3, -0.25) is 9.59 Å². The number of morpholine rings is 1. The molecule has 0 unspecified atom stereocenters. The van der Waals surface area contributed by atoms with Crippen molar-refractivity contribution in [3.63, 3.8) is 0 Å². The number of hydrogen-bond acceptors (Lipinski definition) is 6. The first-order chi connectivity index (χ1) is 13.6. The molecule has 1 aliphatic heterocycles. The highest BCUT2D eigenvalue weighted by atomic mass is 32.2. The zero-order valence-corrected chi connectivity index (χ0v) is 16.9. The third kappa shape index (κ3) is 4.90. The Labute approximate surface area is 168 Å². The highest BCUT2D eigenvalue weighted by molar-refractivity contribution is 7.99. The third-order valence-electron chi connectivity index (χ3n) is 4.52. The fraction of sp³-hybridized carbons (Fsp3) is 0.474. The van der Waals surface area contributed by atoms with E-state index >= 15 is 0 Å². The quantitative estimate of drug-likeness (QED) is 0.709. The molecule has 3 rings (SSSR count). The molecule has 9 heteroatoms. The minimum Gasteiger partial charge on any atom is -0.378 e. The van der Waals surface area contributed by atoms with E-state index in [1.165, 1.54) is 11.8 Å². The molecule has 0 bridgehead atoms. The number of rotatable bonds is 7. The highest BCUT2D eigenvalue weighted by Crippen LogP contribution is 2.21. The number of carbonyl (C=O) groups excluding carboxylic acids is 2. The topological polar surface area (TPSA) is 89.3 Å². The van der Waals surface area contributed by atoms with Crippen molar-refractivity contribution in [2.45, 2.75) is 31.6 Å². The SMILES string of the molecule is CCn1c(SCC(=O)N2CCOCC2)nnc1[C@H](C)NC(=O)c1ccccc1. The van der Waals surface area contributed by atoms with Gasteiger partial charge in [-0.1, -0.05) is 30.0 Å². The van der Waals surface area contributed by atoms with Crippen LogP contribution < -0.4 is 5.32 Å². The molecule has 150 valence electrons. The molecule has 1 atom stereocenters. The van der Waals surface area contributed by atoms with E-state index in [1.54, 1.807) is 12.1 Å². The van der Waals surface area contributed by atoms with Crippen LogP contribution in [-0.2, 0) is 16.1 Å². The maximum Gasteiger partial charge on any atom is 0.251 e. The summed E-state index contributed by atoms with van der Waals surface area (Å²) in [6, 6.07) is 8.76. The van der Waals surface area contributed by atoms with Gasteiger partial charge in [-0.25, -0.2) is 0 Å². The number of ether oxygens (including phenoxy) is 1. The highest BCUT2D eigenvalue weighted by Gasteiger charge is 2.22. The summed E-state index contributed by atoms with van der Waals surface area (Å²) < 4.78 is 7.22. The fourth-order valence-corrected chi connectivity index (χ4v) is 3.90. The van der Waals surface area contributed by atoms with Gasteiger partial charge in [0.25, 0.3) is 5.91 Å². The molecule has 2 amide bonds. The van der Waals surface area contributed by atoms with Crippen molar-refractivity contribution in [2.24, 2.45) is 0 Å². The molecular formula is C19H25N5O3S. The smallest absolute Gasteiger partial charge is 0.251 e. The number of carbonyl (C=O) groups is 2. The Morgan fingerprint density at radius 2 is 1.93 bits per heavy atom. The lowest BCUT2D eigenvalue weighted by atomic mass is 10.2. The maximum absolute atomic E-state index is 12.4. The average molecular weight is 404 g/mol. The number of hydrogen-bond donors (Lipinski definition) is 1. The van der Waals surface area contributed by atoms with Gasteiger partial charge in [0.05, 0.1) is 25.0 Å². The van der Waals surface area contributed by atoms with Crippen LogP contribution in [-0.4, -0.2) is 63.5 Å². The first-order valence-corrected chi connectivity index (χ1v) is 10.4. The Bertz CT molecular complexity index is 805. The van der Waals surface area contributed by atoms with Gasteiger partial charge in [-0.15, -0.1) is 10.2 Å². The van der Waals surface area contributed by atoms with Crippen LogP contribution in [0.3, 0.4) is 0 Å². The van der Waals surface area contributed by atoms with Crippen LogP contribution in [0.25, 0.3) is 0 Å². The first-order valence-electron chi connectivity index (χ1n) is 9.37. The van der Waals surface area contributed by atoms with Crippen molar-refractivity contribution in [3.8, 4) is 0 Å². The van der Waals surface area contributed by atoms with Gasteiger partial charge in [0, 0.05) is 25.2 Å². The zero-order chi connectivity index (χ0) is 19.9. The molecule has 2 aromatic rings. The molecule has 0 spiro atoms. The van der Waals surface area contributed by atoms with E-state index in [9.17, 15) is 9.59 Å². The molecule has 1 fully saturated rings. The minimum absolute atomic E-state index is 0.0749. The van der Waals surface area contributed by atoms with Crippen molar-refractivity contribution in [1.82, 2.24) is 25.0 Å². The van der Waals surface area contributed by atoms with E-state index in [-0.39, 0.29) is 17.9 Å². The normalized spacial score (nSPS) is 15.3. The van der Waals surface area contributed by atoms with E-state index in [1.807, 2.05) is 41.5 Å². The Hall–Kier alpha value is -2.39. The van der Waals surface area contributed by atoms with E-state index in [2.05, 4.69) is 15.5 Å². The molecule has 1 aromatic carbocycles. The zero-order valence-electron chi connectivity index (χ0n) is 16.1. The molecule has 2 heterocycles. The summed E-state index contributed by atoms with van der Waals surface area (Å²) in [7, 11) is 0. The molecule has 1 aromatic heterocycles. The average Bonchev–Trinajstić information content (AvgIpc) is 3.16. The summed E-state index contributed by atoms with van der Waals surface area (Å²) in [5.41, 5.74) is 0.600. The number of amides is 2.